The summed E-state index contributed by atoms with van der Waals surface area (Å²) >= 11 is 0. The van der Waals surface area contributed by atoms with Crippen molar-refractivity contribution in [3.63, 3.8) is 0 Å². The fourth-order valence-electron chi connectivity index (χ4n) is 8.71. The number of aromatic nitrogens is 2. The lowest BCUT2D eigenvalue weighted by Gasteiger charge is -2.16. The van der Waals surface area contributed by atoms with Crippen molar-refractivity contribution in [2.45, 2.75) is 0 Å². The molecule has 0 aliphatic heterocycles. The largest absolute Gasteiger partial charge is 0.309 e. The first kappa shape index (κ1) is 26.9. The second kappa shape index (κ2) is 9.70. The van der Waals surface area contributed by atoms with Gasteiger partial charge in [0, 0.05) is 32.6 Å². The molecule has 4 heteroatoms. The quantitative estimate of drug-likeness (QED) is 0.190. The third-order valence-corrected chi connectivity index (χ3v) is 10.7. The molecule has 0 fully saturated rings. The van der Waals surface area contributed by atoms with Crippen molar-refractivity contribution in [1.29, 1.82) is 10.5 Å². The summed E-state index contributed by atoms with van der Waals surface area (Å²) in [5.74, 6) is 0. The number of fused-ring (bicyclic) bond motifs is 12. The number of nitriles is 2. The van der Waals surface area contributed by atoms with Crippen molar-refractivity contribution >= 4 is 65.2 Å². The number of benzene rings is 8. The van der Waals surface area contributed by atoms with E-state index in [1.54, 1.807) is 0 Å². The van der Waals surface area contributed by atoms with Gasteiger partial charge in [0.2, 0.25) is 0 Å². The molecular weight excluding hydrogens is 609 g/mol. The second-order valence-corrected chi connectivity index (χ2v) is 13.1. The van der Waals surface area contributed by atoms with E-state index >= 15 is 0 Å². The Bertz CT molecular complexity index is 3230. The summed E-state index contributed by atoms with van der Waals surface area (Å²) in [4.78, 5) is 0. The van der Waals surface area contributed by atoms with Crippen molar-refractivity contribution < 1.29 is 0 Å². The lowest BCUT2D eigenvalue weighted by Crippen LogP contribution is -2.04. The van der Waals surface area contributed by atoms with Crippen LogP contribution in [0.4, 0.5) is 0 Å². The smallest absolute Gasteiger partial charge is 0.103 e. The summed E-state index contributed by atoms with van der Waals surface area (Å²) < 4.78 is 4.47. The fraction of sp³-hybridized carbons (Fsp3) is 0. The number of hydrogen-bond donors (Lipinski definition) is 0. The zero-order chi connectivity index (χ0) is 33.1. The minimum atomic E-state index is 0.344. The summed E-state index contributed by atoms with van der Waals surface area (Å²) in [5, 5.41) is 30.6. The molecule has 0 unspecified atom stereocenters. The van der Waals surface area contributed by atoms with Crippen LogP contribution in [-0.4, -0.2) is 9.13 Å². The zero-order valence-electron chi connectivity index (χ0n) is 26.6. The van der Waals surface area contributed by atoms with Gasteiger partial charge in [-0.25, -0.2) is 0 Å². The van der Waals surface area contributed by atoms with Gasteiger partial charge in [-0.05, 0) is 74.8 Å². The first-order valence-electron chi connectivity index (χ1n) is 16.7. The van der Waals surface area contributed by atoms with E-state index in [9.17, 15) is 10.5 Å². The highest BCUT2D eigenvalue weighted by molar-refractivity contribution is 6.28. The monoisotopic (exact) mass is 632 g/mol. The van der Waals surface area contributed by atoms with E-state index in [2.05, 4.69) is 155 Å². The number of para-hydroxylation sites is 2. The Balaban J connectivity index is 1.31. The van der Waals surface area contributed by atoms with Crippen LogP contribution in [0.3, 0.4) is 0 Å². The van der Waals surface area contributed by atoms with Crippen LogP contribution in [0.1, 0.15) is 11.1 Å². The van der Waals surface area contributed by atoms with Crippen molar-refractivity contribution in [1.82, 2.24) is 9.13 Å². The molecule has 0 N–H and O–H groups in total. The molecule has 0 saturated heterocycles. The second-order valence-electron chi connectivity index (χ2n) is 13.1. The predicted octanol–water partition coefficient (Wildman–Crippen LogP) is 11.6. The number of rotatable bonds is 2. The van der Waals surface area contributed by atoms with Gasteiger partial charge in [0.1, 0.15) is 12.1 Å². The zero-order valence-corrected chi connectivity index (χ0v) is 26.6. The van der Waals surface area contributed by atoms with Crippen LogP contribution in [0.25, 0.3) is 98.8 Å². The van der Waals surface area contributed by atoms with Gasteiger partial charge in [-0.15, -0.1) is 0 Å². The molecule has 4 nitrogen and oxygen atoms in total. The molecule has 0 saturated carbocycles. The number of nitrogens with zero attached hydrogens (tertiary/aromatic N) is 4. The van der Waals surface area contributed by atoms with Gasteiger partial charge in [0.05, 0.1) is 38.9 Å². The Morgan fingerprint density at radius 3 is 1.88 bits per heavy atom. The van der Waals surface area contributed by atoms with Crippen molar-refractivity contribution in [2.75, 3.05) is 0 Å². The average molecular weight is 633 g/mol. The topological polar surface area (TPSA) is 57.4 Å². The van der Waals surface area contributed by atoms with Gasteiger partial charge in [0.25, 0.3) is 0 Å². The molecule has 0 amide bonds. The highest BCUT2D eigenvalue weighted by Crippen LogP contribution is 2.51. The standard InChI is InChI=1S/C46H24N4/c47-25-28-22-29(49-41-19-8-6-15-35(41)45-30-11-2-1-10-27(30)20-21-42(45)49)23-43(39(28)26-48)50-40-18-7-5-14-33(40)38-24-37-32-13-4-3-12-31(32)34-16-9-17-36(44(34)37)46(38)50/h1-24H. The van der Waals surface area contributed by atoms with Crippen LogP contribution in [0.2, 0.25) is 0 Å². The van der Waals surface area contributed by atoms with E-state index in [4.69, 9.17) is 0 Å². The molecular formula is C46H24N4. The van der Waals surface area contributed by atoms with Gasteiger partial charge in [0.15, 0.2) is 0 Å². The maximum Gasteiger partial charge on any atom is 0.103 e. The highest BCUT2D eigenvalue weighted by atomic mass is 15.0. The summed E-state index contributed by atoms with van der Waals surface area (Å²) in [6.45, 7) is 0. The molecule has 2 aromatic heterocycles. The molecule has 8 aromatic carbocycles. The maximum atomic E-state index is 10.8. The molecule has 2 heterocycles. The SMILES string of the molecule is N#Cc1cc(-n2c3ccccc3c3c4ccccc4ccc32)cc(-n2c3ccccc3c3cc4c5c(cccc5c32)-c2ccccc2-4)c1C#N. The third kappa shape index (κ3) is 3.32. The minimum Gasteiger partial charge on any atom is -0.309 e. The van der Waals surface area contributed by atoms with Gasteiger partial charge in [-0.3, -0.25) is 0 Å². The molecule has 228 valence electrons. The molecule has 0 radical (unpaired) electrons. The Morgan fingerprint density at radius 2 is 1.08 bits per heavy atom. The van der Waals surface area contributed by atoms with E-state index in [0.717, 1.165) is 49.3 Å². The van der Waals surface area contributed by atoms with Gasteiger partial charge >= 0.3 is 0 Å². The van der Waals surface area contributed by atoms with E-state index in [1.807, 2.05) is 12.1 Å². The summed E-state index contributed by atoms with van der Waals surface area (Å²) in [7, 11) is 0. The Kier molecular flexibility index (Phi) is 5.22. The Morgan fingerprint density at radius 1 is 0.420 bits per heavy atom. The van der Waals surface area contributed by atoms with Gasteiger partial charge in [-0.1, -0.05) is 109 Å². The molecule has 50 heavy (non-hydrogen) atoms. The van der Waals surface area contributed by atoms with Crippen LogP contribution >= 0.6 is 0 Å². The van der Waals surface area contributed by atoms with Crippen LogP contribution in [-0.2, 0) is 0 Å². The summed E-state index contributed by atoms with van der Waals surface area (Å²) in [6.07, 6.45) is 0. The minimum absolute atomic E-state index is 0.344. The van der Waals surface area contributed by atoms with Crippen molar-refractivity contribution in [3.05, 3.63) is 157 Å². The first-order valence-corrected chi connectivity index (χ1v) is 16.7. The van der Waals surface area contributed by atoms with Crippen LogP contribution in [0, 0.1) is 22.7 Å². The van der Waals surface area contributed by atoms with E-state index < -0.39 is 0 Å². The summed E-state index contributed by atoms with van der Waals surface area (Å²) in [6, 6.07) is 56.0. The van der Waals surface area contributed by atoms with Gasteiger partial charge in [-0.2, -0.15) is 10.5 Å². The maximum absolute atomic E-state index is 10.8. The molecule has 1 aliphatic carbocycles. The lowest BCUT2D eigenvalue weighted by molar-refractivity contribution is 1.12. The van der Waals surface area contributed by atoms with Crippen LogP contribution in [0.15, 0.2) is 146 Å². The van der Waals surface area contributed by atoms with E-state index in [-0.39, 0.29) is 0 Å². The van der Waals surface area contributed by atoms with E-state index in [1.165, 1.54) is 43.8 Å². The van der Waals surface area contributed by atoms with Crippen molar-refractivity contribution in [2.24, 2.45) is 0 Å². The first-order chi connectivity index (χ1) is 24.7. The van der Waals surface area contributed by atoms with Crippen LogP contribution in [0.5, 0.6) is 0 Å². The fourth-order valence-corrected chi connectivity index (χ4v) is 8.71. The van der Waals surface area contributed by atoms with E-state index in [0.29, 0.717) is 16.8 Å². The highest BCUT2D eigenvalue weighted by Gasteiger charge is 2.27. The summed E-state index contributed by atoms with van der Waals surface area (Å²) in [5.41, 5.74) is 11.3. The van der Waals surface area contributed by atoms with Crippen molar-refractivity contribution in [3.8, 4) is 45.8 Å². The normalized spacial score (nSPS) is 12.0. The molecule has 10 aromatic rings. The van der Waals surface area contributed by atoms with Gasteiger partial charge < -0.3 is 9.13 Å². The molecule has 0 bridgehead atoms. The molecule has 0 atom stereocenters. The van der Waals surface area contributed by atoms with Crippen LogP contribution < -0.4 is 0 Å². The lowest BCUT2D eigenvalue weighted by atomic mass is 9.99. The Hall–Kier alpha value is -7.14. The predicted molar refractivity (Wildman–Crippen MR) is 204 cm³/mol. The third-order valence-electron chi connectivity index (χ3n) is 10.7. The molecule has 1 aliphatic rings. The average Bonchev–Trinajstić information content (AvgIpc) is 3.81. The molecule has 11 rings (SSSR count). The Labute approximate surface area is 286 Å². The number of hydrogen-bond acceptors (Lipinski definition) is 2. The molecule has 0 spiro atoms.